The highest BCUT2D eigenvalue weighted by Gasteiger charge is 2.07. The molecule has 120 valence electrons. The van der Waals surface area contributed by atoms with Crippen molar-refractivity contribution in [3.05, 3.63) is 54.1 Å². The Kier molecular flexibility index (Phi) is 5.66. The van der Waals surface area contributed by atoms with Crippen molar-refractivity contribution in [2.45, 2.75) is 16.7 Å². The Morgan fingerprint density at radius 3 is 1.32 bits per heavy atom. The zero-order valence-electron chi connectivity index (χ0n) is 11.4. The van der Waals surface area contributed by atoms with Gasteiger partial charge in [0.05, 0.1) is 9.79 Å². The number of benzene rings is 2. The van der Waals surface area contributed by atoms with Crippen molar-refractivity contribution in [1.29, 1.82) is 0 Å². The van der Waals surface area contributed by atoms with Crippen molar-refractivity contribution < 1.29 is 31.0 Å². The lowest BCUT2D eigenvalue weighted by atomic mass is 10.2. The van der Waals surface area contributed by atoms with Gasteiger partial charge in [-0.15, -0.1) is 0 Å². The van der Waals surface area contributed by atoms with E-state index in [-0.39, 0.29) is 15.5 Å². The van der Waals surface area contributed by atoms with Crippen LogP contribution in [0.4, 0.5) is 0 Å². The van der Waals surface area contributed by atoms with Gasteiger partial charge in [0.15, 0.2) is 0 Å². The fourth-order valence-corrected chi connectivity index (χ4v) is 2.29. The van der Waals surface area contributed by atoms with Crippen LogP contribution in [0.25, 0.3) is 0 Å². The molecule has 2 aromatic carbocycles. The SMILES string of the molecule is Cc1ccc(S(=O)(=O)O)cc1.O=S(=O)(O)c1ccc(O)cc1. The van der Waals surface area contributed by atoms with E-state index < -0.39 is 20.2 Å². The summed E-state index contributed by atoms with van der Waals surface area (Å²) < 4.78 is 58.9. The van der Waals surface area contributed by atoms with E-state index in [1.54, 1.807) is 12.1 Å². The largest absolute Gasteiger partial charge is 0.508 e. The first kappa shape index (κ1) is 18.1. The summed E-state index contributed by atoms with van der Waals surface area (Å²) >= 11 is 0. The Balaban J connectivity index is 0.000000220. The molecule has 0 atom stereocenters. The number of aromatic hydroxyl groups is 1. The minimum Gasteiger partial charge on any atom is -0.508 e. The standard InChI is InChI=1S/C7H8O3S.C6H6O4S/c1-6-2-4-7(5-3-6)11(8,9)10;7-5-1-3-6(4-2-5)11(8,9)10/h2-5H,1H3,(H,8,9,10);1-4,7H,(H,8,9,10). The van der Waals surface area contributed by atoms with E-state index in [4.69, 9.17) is 14.2 Å². The maximum absolute atomic E-state index is 10.5. The molecule has 0 aliphatic heterocycles. The van der Waals surface area contributed by atoms with Gasteiger partial charge in [-0.05, 0) is 43.3 Å². The fourth-order valence-electron chi connectivity index (χ4n) is 1.33. The predicted octanol–water partition coefficient (Wildman–Crippen LogP) is 1.88. The average molecular weight is 346 g/mol. The average Bonchev–Trinajstić information content (AvgIpc) is 2.38. The lowest BCUT2D eigenvalue weighted by Crippen LogP contribution is -1.96. The van der Waals surface area contributed by atoms with Crippen LogP contribution in [-0.4, -0.2) is 31.0 Å². The second-order valence-corrected chi connectivity index (χ2v) is 7.10. The van der Waals surface area contributed by atoms with Crippen LogP contribution in [-0.2, 0) is 20.2 Å². The second kappa shape index (κ2) is 6.88. The second-order valence-electron chi connectivity index (χ2n) is 4.26. The van der Waals surface area contributed by atoms with E-state index in [1.165, 1.54) is 24.3 Å². The van der Waals surface area contributed by atoms with Gasteiger partial charge in [0, 0.05) is 0 Å². The molecule has 0 radical (unpaired) electrons. The van der Waals surface area contributed by atoms with E-state index in [1.807, 2.05) is 6.92 Å². The van der Waals surface area contributed by atoms with E-state index in [0.29, 0.717) is 0 Å². The van der Waals surface area contributed by atoms with Gasteiger partial charge in [0.1, 0.15) is 5.75 Å². The lowest BCUT2D eigenvalue weighted by Gasteiger charge is -1.95. The number of phenols is 1. The van der Waals surface area contributed by atoms with Gasteiger partial charge in [0.25, 0.3) is 20.2 Å². The third kappa shape index (κ3) is 5.82. The summed E-state index contributed by atoms with van der Waals surface area (Å²) in [4.78, 5) is -0.293. The van der Waals surface area contributed by atoms with E-state index in [0.717, 1.165) is 17.7 Å². The number of phenolic OH excluding ortho intramolecular Hbond substituents is 1. The molecule has 0 spiro atoms. The number of hydrogen-bond acceptors (Lipinski definition) is 5. The molecule has 0 aliphatic carbocycles. The highest BCUT2D eigenvalue weighted by molar-refractivity contribution is 7.86. The number of hydrogen-bond donors (Lipinski definition) is 3. The minimum atomic E-state index is -4.13. The Hall–Kier alpha value is -1.94. The van der Waals surface area contributed by atoms with Crippen LogP contribution in [0.5, 0.6) is 5.75 Å². The first-order chi connectivity index (χ1) is 10.00. The lowest BCUT2D eigenvalue weighted by molar-refractivity contribution is 0.472. The van der Waals surface area contributed by atoms with E-state index >= 15 is 0 Å². The summed E-state index contributed by atoms with van der Waals surface area (Å²) in [6.45, 7) is 1.84. The van der Waals surface area contributed by atoms with Gasteiger partial charge in [-0.2, -0.15) is 16.8 Å². The summed E-state index contributed by atoms with van der Waals surface area (Å²) in [5.41, 5.74) is 0.956. The third-order valence-electron chi connectivity index (χ3n) is 2.45. The summed E-state index contributed by atoms with van der Waals surface area (Å²) in [5.74, 6) is -0.0441. The molecule has 0 unspecified atom stereocenters. The first-order valence-electron chi connectivity index (χ1n) is 5.81. The molecule has 22 heavy (non-hydrogen) atoms. The smallest absolute Gasteiger partial charge is 0.294 e. The van der Waals surface area contributed by atoms with Crippen molar-refractivity contribution >= 4 is 20.2 Å². The Morgan fingerprint density at radius 1 is 0.682 bits per heavy atom. The third-order valence-corrected chi connectivity index (χ3v) is 4.19. The molecule has 7 nitrogen and oxygen atoms in total. The molecule has 0 saturated heterocycles. The van der Waals surface area contributed by atoms with Gasteiger partial charge in [-0.3, -0.25) is 9.11 Å². The molecule has 3 N–H and O–H groups in total. The van der Waals surface area contributed by atoms with Crippen molar-refractivity contribution in [3.63, 3.8) is 0 Å². The zero-order chi connectivity index (χ0) is 17.0. The summed E-state index contributed by atoms with van der Waals surface area (Å²) in [6.07, 6.45) is 0. The van der Waals surface area contributed by atoms with Crippen LogP contribution >= 0.6 is 0 Å². The molecule has 2 rings (SSSR count). The van der Waals surface area contributed by atoms with Crippen molar-refractivity contribution in [2.75, 3.05) is 0 Å². The molecule has 2 aromatic rings. The summed E-state index contributed by atoms with van der Waals surface area (Å²) in [7, 11) is -8.15. The maximum Gasteiger partial charge on any atom is 0.294 e. The quantitative estimate of drug-likeness (QED) is 0.708. The molecule has 0 heterocycles. The molecule has 0 aliphatic rings. The molecule has 0 bridgehead atoms. The Labute approximate surface area is 128 Å². The molecule has 0 amide bonds. The van der Waals surface area contributed by atoms with Crippen LogP contribution < -0.4 is 0 Å². The van der Waals surface area contributed by atoms with E-state index in [9.17, 15) is 16.8 Å². The van der Waals surface area contributed by atoms with E-state index in [2.05, 4.69) is 0 Å². The first-order valence-corrected chi connectivity index (χ1v) is 8.69. The topological polar surface area (TPSA) is 129 Å². The molecule has 9 heteroatoms. The van der Waals surface area contributed by atoms with Crippen molar-refractivity contribution in [1.82, 2.24) is 0 Å². The minimum absolute atomic E-state index is 0.0441. The highest BCUT2D eigenvalue weighted by Crippen LogP contribution is 2.13. The number of aryl methyl sites for hydroxylation is 1. The summed E-state index contributed by atoms with van der Waals surface area (Å²) in [5, 5.41) is 8.75. The predicted molar refractivity (Wildman–Crippen MR) is 78.9 cm³/mol. The van der Waals surface area contributed by atoms with Crippen molar-refractivity contribution in [2.24, 2.45) is 0 Å². The summed E-state index contributed by atoms with van der Waals surface area (Å²) in [6, 6.07) is 10.6. The van der Waals surface area contributed by atoms with Crippen LogP contribution in [0.1, 0.15) is 5.56 Å². The van der Waals surface area contributed by atoms with Crippen LogP contribution in [0.2, 0.25) is 0 Å². The molecule has 0 fully saturated rings. The number of rotatable bonds is 2. The monoisotopic (exact) mass is 346 g/mol. The van der Waals surface area contributed by atoms with Gasteiger partial charge in [0.2, 0.25) is 0 Å². The van der Waals surface area contributed by atoms with Crippen molar-refractivity contribution in [3.8, 4) is 5.75 Å². The van der Waals surface area contributed by atoms with Crippen LogP contribution in [0.15, 0.2) is 58.3 Å². The zero-order valence-corrected chi connectivity index (χ0v) is 13.0. The Morgan fingerprint density at radius 2 is 1.00 bits per heavy atom. The fraction of sp³-hybridized carbons (Fsp3) is 0.0769. The van der Waals surface area contributed by atoms with Gasteiger partial charge in [-0.25, -0.2) is 0 Å². The molecule has 0 saturated carbocycles. The van der Waals surface area contributed by atoms with Gasteiger partial charge in [-0.1, -0.05) is 17.7 Å². The van der Waals surface area contributed by atoms with Crippen LogP contribution in [0, 0.1) is 6.92 Å². The molecular formula is C13H14O7S2. The van der Waals surface area contributed by atoms with Gasteiger partial charge < -0.3 is 5.11 Å². The highest BCUT2D eigenvalue weighted by atomic mass is 32.2. The molecule has 0 aromatic heterocycles. The maximum atomic E-state index is 10.5. The normalized spacial score (nSPS) is 11.4. The Bertz CT molecular complexity index is 747. The van der Waals surface area contributed by atoms with Gasteiger partial charge >= 0.3 is 0 Å². The molecular weight excluding hydrogens is 332 g/mol. The van der Waals surface area contributed by atoms with Crippen LogP contribution in [0.3, 0.4) is 0 Å².